The molecule has 7 nitrogen and oxygen atoms in total. The number of fused-ring (bicyclic) bond motifs is 1. The highest BCUT2D eigenvalue weighted by Crippen LogP contribution is 2.38. The van der Waals surface area contributed by atoms with Crippen LogP contribution in [0.2, 0.25) is 0 Å². The van der Waals surface area contributed by atoms with Crippen LogP contribution in [-0.4, -0.2) is 53.4 Å². The van der Waals surface area contributed by atoms with Gasteiger partial charge in [0.1, 0.15) is 5.54 Å². The SMILES string of the molecule is CCCC(CC)C1(C)C(=O)N(CC(=O)c2ccc3c(c2)OCO3)C(=O)N1C. The second-order valence-corrected chi connectivity index (χ2v) is 7.27. The van der Waals surface area contributed by atoms with Gasteiger partial charge in [-0.2, -0.15) is 0 Å². The summed E-state index contributed by atoms with van der Waals surface area (Å²) in [4.78, 5) is 41.2. The highest BCUT2D eigenvalue weighted by Gasteiger charge is 2.56. The van der Waals surface area contributed by atoms with Crippen molar-refractivity contribution in [1.29, 1.82) is 0 Å². The molecule has 2 heterocycles. The normalized spacial score (nSPS) is 22.5. The van der Waals surface area contributed by atoms with E-state index in [4.69, 9.17) is 9.47 Å². The van der Waals surface area contributed by atoms with Crippen molar-refractivity contribution in [3.8, 4) is 11.5 Å². The second kappa shape index (κ2) is 7.21. The lowest BCUT2D eigenvalue weighted by Crippen LogP contribution is -2.51. The van der Waals surface area contributed by atoms with Gasteiger partial charge in [0.15, 0.2) is 17.3 Å². The minimum absolute atomic E-state index is 0.0506. The van der Waals surface area contributed by atoms with Crippen LogP contribution in [0.1, 0.15) is 50.4 Å². The third-order valence-corrected chi connectivity index (χ3v) is 5.81. The third kappa shape index (κ3) is 3.05. The van der Waals surface area contributed by atoms with E-state index in [-0.39, 0.29) is 30.9 Å². The molecule has 0 aliphatic carbocycles. The maximum Gasteiger partial charge on any atom is 0.327 e. The Kier molecular flexibility index (Phi) is 5.13. The quantitative estimate of drug-likeness (QED) is 0.541. The van der Waals surface area contributed by atoms with Crippen LogP contribution in [0.3, 0.4) is 0 Å². The van der Waals surface area contributed by atoms with Gasteiger partial charge in [0, 0.05) is 12.6 Å². The monoisotopic (exact) mass is 374 g/mol. The molecule has 1 fully saturated rings. The molecule has 0 saturated carbocycles. The van der Waals surface area contributed by atoms with Crippen LogP contribution in [0, 0.1) is 5.92 Å². The van der Waals surface area contributed by atoms with Crippen molar-refractivity contribution >= 4 is 17.7 Å². The van der Waals surface area contributed by atoms with Gasteiger partial charge in [0.2, 0.25) is 6.79 Å². The lowest BCUT2D eigenvalue weighted by Gasteiger charge is -2.36. The summed E-state index contributed by atoms with van der Waals surface area (Å²) in [6.45, 7) is 5.74. The highest BCUT2D eigenvalue weighted by molar-refractivity contribution is 6.11. The number of Topliss-reactive ketones (excluding diaryl/α,β-unsaturated/α-hetero) is 1. The number of likely N-dealkylation sites (N-methyl/N-ethyl adjacent to an activating group) is 1. The van der Waals surface area contributed by atoms with Gasteiger partial charge in [-0.15, -0.1) is 0 Å². The van der Waals surface area contributed by atoms with Crippen LogP contribution in [0.15, 0.2) is 18.2 Å². The van der Waals surface area contributed by atoms with Gasteiger partial charge < -0.3 is 14.4 Å². The number of rotatable bonds is 7. The smallest absolute Gasteiger partial charge is 0.327 e. The zero-order valence-corrected chi connectivity index (χ0v) is 16.3. The van der Waals surface area contributed by atoms with Gasteiger partial charge >= 0.3 is 6.03 Å². The summed E-state index contributed by atoms with van der Waals surface area (Å²) in [6.07, 6.45) is 2.57. The fourth-order valence-corrected chi connectivity index (χ4v) is 4.01. The number of carbonyl (C=O) groups is 3. The molecule has 2 unspecified atom stereocenters. The van der Waals surface area contributed by atoms with Crippen LogP contribution >= 0.6 is 0 Å². The fourth-order valence-electron chi connectivity index (χ4n) is 4.01. The third-order valence-electron chi connectivity index (χ3n) is 5.81. The lowest BCUT2D eigenvalue weighted by molar-refractivity contribution is -0.134. The van der Waals surface area contributed by atoms with Crippen molar-refractivity contribution in [2.75, 3.05) is 20.4 Å². The number of ether oxygens (including phenoxy) is 2. The average Bonchev–Trinajstić information content (AvgIpc) is 3.20. The van der Waals surface area contributed by atoms with E-state index in [1.54, 1.807) is 25.2 Å². The van der Waals surface area contributed by atoms with Gasteiger partial charge in [-0.3, -0.25) is 14.5 Å². The molecular weight excluding hydrogens is 348 g/mol. The molecule has 0 bridgehead atoms. The molecule has 0 radical (unpaired) electrons. The molecule has 1 saturated heterocycles. The van der Waals surface area contributed by atoms with Crippen molar-refractivity contribution in [2.24, 2.45) is 5.92 Å². The van der Waals surface area contributed by atoms with E-state index in [2.05, 4.69) is 6.92 Å². The summed E-state index contributed by atoms with van der Waals surface area (Å²) >= 11 is 0. The Hall–Kier alpha value is -2.57. The first-order chi connectivity index (χ1) is 12.8. The molecule has 0 N–H and O–H groups in total. The first kappa shape index (κ1) is 19.2. The summed E-state index contributed by atoms with van der Waals surface area (Å²) in [5.41, 5.74) is -0.534. The van der Waals surface area contributed by atoms with Crippen molar-refractivity contribution in [3.05, 3.63) is 23.8 Å². The molecule has 0 aromatic heterocycles. The molecule has 3 rings (SSSR count). The molecule has 2 aliphatic rings. The Bertz CT molecular complexity index is 778. The molecule has 1 aromatic carbocycles. The van der Waals surface area contributed by atoms with Gasteiger partial charge in [0.25, 0.3) is 5.91 Å². The van der Waals surface area contributed by atoms with E-state index in [0.29, 0.717) is 17.1 Å². The summed E-state index contributed by atoms with van der Waals surface area (Å²) < 4.78 is 10.5. The fraction of sp³-hybridized carbons (Fsp3) is 0.550. The Morgan fingerprint density at radius 1 is 1.22 bits per heavy atom. The zero-order chi connectivity index (χ0) is 19.8. The summed E-state index contributed by atoms with van der Waals surface area (Å²) in [5, 5.41) is 0. The minimum Gasteiger partial charge on any atom is -0.454 e. The van der Waals surface area contributed by atoms with E-state index in [1.807, 2.05) is 13.8 Å². The number of benzene rings is 1. The van der Waals surface area contributed by atoms with Gasteiger partial charge in [-0.05, 0) is 37.5 Å². The largest absolute Gasteiger partial charge is 0.454 e. The van der Waals surface area contributed by atoms with Crippen LogP contribution in [0.25, 0.3) is 0 Å². The summed E-state index contributed by atoms with van der Waals surface area (Å²) in [5.74, 6) is 0.517. The van der Waals surface area contributed by atoms with Crippen LogP contribution in [-0.2, 0) is 4.79 Å². The van der Waals surface area contributed by atoms with Gasteiger partial charge in [0.05, 0.1) is 6.54 Å². The first-order valence-electron chi connectivity index (χ1n) is 9.37. The maximum absolute atomic E-state index is 13.1. The Balaban J connectivity index is 1.81. The predicted molar refractivity (Wildman–Crippen MR) is 98.9 cm³/mol. The number of hydrogen-bond acceptors (Lipinski definition) is 5. The van der Waals surface area contributed by atoms with E-state index >= 15 is 0 Å². The standard InChI is InChI=1S/C20H26N2O5/c1-5-7-14(6-2)20(3)18(24)22(19(25)21(20)4)11-15(23)13-8-9-16-17(10-13)27-12-26-16/h8-10,14H,5-7,11-12H2,1-4H3. The van der Waals surface area contributed by atoms with Crippen LogP contribution in [0.4, 0.5) is 4.79 Å². The van der Waals surface area contributed by atoms with Crippen molar-refractivity contribution < 1.29 is 23.9 Å². The molecule has 3 amide bonds. The molecule has 2 aliphatic heterocycles. The predicted octanol–water partition coefficient (Wildman–Crippen LogP) is 3.08. The average molecular weight is 374 g/mol. The Morgan fingerprint density at radius 2 is 1.93 bits per heavy atom. The molecule has 27 heavy (non-hydrogen) atoms. The Labute approximate surface area is 159 Å². The van der Waals surface area contributed by atoms with Crippen molar-refractivity contribution in [2.45, 2.75) is 45.6 Å². The first-order valence-corrected chi connectivity index (χ1v) is 9.37. The highest BCUT2D eigenvalue weighted by atomic mass is 16.7. The Morgan fingerprint density at radius 3 is 2.59 bits per heavy atom. The molecule has 7 heteroatoms. The van der Waals surface area contributed by atoms with E-state index in [0.717, 1.165) is 24.2 Å². The number of amides is 3. The van der Waals surface area contributed by atoms with Crippen molar-refractivity contribution in [3.63, 3.8) is 0 Å². The van der Waals surface area contributed by atoms with Crippen LogP contribution in [0.5, 0.6) is 11.5 Å². The minimum atomic E-state index is -0.920. The van der Waals surface area contributed by atoms with E-state index < -0.39 is 11.6 Å². The topological polar surface area (TPSA) is 76.1 Å². The molecule has 146 valence electrons. The number of ketones is 1. The molecule has 0 spiro atoms. The maximum atomic E-state index is 13.1. The van der Waals surface area contributed by atoms with Gasteiger partial charge in [-0.1, -0.05) is 26.7 Å². The summed E-state index contributed by atoms with van der Waals surface area (Å²) in [7, 11) is 1.64. The zero-order valence-electron chi connectivity index (χ0n) is 16.3. The molecule has 2 atom stereocenters. The van der Waals surface area contributed by atoms with E-state index in [1.165, 1.54) is 4.90 Å². The summed E-state index contributed by atoms with van der Waals surface area (Å²) in [6, 6.07) is 4.44. The van der Waals surface area contributed by atoms with Gasteiger partial charge in [-0.25, -0.2) is 4.79 Å². The van der Waals surface area contributed by atoms with Crippen LogP contribution < -0.4 is 9.47 Å². The number of urea groups is 1. The molecule has 1 aromatic rings. The lowest BCUT2D eigenvalue weighted by atomic mass is 9.79. The van der Waals surface area contributed by atoms with Crippen molar-refractivity contribution in [1.82, 2.24) is 9.80 Å². The number of carbonyl (C=O) groups excluding carboxylic acids is 3. The number of nitrogens with zero attached hydrogens (tertiary/aromatic N) is 2. The second-order valence-electron chi connectivity index (χ2n) is 7.27. The number of imide groups is 1. The molecular formula is C20H26N2O5. The van der Waals surface area contributed by atoms with E-state index in [9.17, 15) is 14.4 Å². The number of hydrogen-bond donors (Lipinski definition) is 0.